The monoisotopic (exact) mass is 273 g/mol. The Morgan fingerprint density at radius 1 is 1.05 bits per heavy atom. The lowest BCUT2D eigenvalue weighted by atomic mass is 10.0. The van der Waals surface area contributed by atoms with Gasteiger partial charge in [0.15, 0.2) is 0 Å². The van der Waals surface area contributed by atoms with E-state index in [4.69, 9.17) is 0 Å². The first-order chi connectivity index (χ1) is 9.29. The average molecular weight is 273 g/mol. The summed E-state index contributed by atoms with van der Waals surface area (Å²) in [6.45, 7) is 1.78. The first-order valence-electron chi connectivity index (χ1n) is 6.91. The molecule has 0 spiro atoms. The summed E-state index contributed by atoms with van der Waals surface area (Å²) < 4.78 is 0. The van der Waals surface area contributed by atoms with Crippen molar-refractivity contribution >= 4 is 17.7 Å². The number of likely N-dealkylation sites (tertiary alicyclic amines) is 1. The molecule has 1 saturated carbocycles. The molecule has 100 valence electrons. The summed E-state index contributed by atoms with van der Waals surface area (Å²) in [5.41, 5.74) is 4.15. The molecular weight excluding hydrogens is 254 g/mol. The lowest BCUT2D eigenvalue weighted by Crippen LogP contribution is -2.36. The molecule has 1 aliphatic heterocycles. The van der Waals surface area contributed by atoms with E-state index in [0.717, 1.165) is 36.4 Å². The van der Waals surface area contributed by atoms with Gasteiger partial charge in [-0.3, -0.25) is 4.79 Å². The number of carbonyl (C=O) groups is 1. The third kappa shape index (κ3) is 2.71. The summed E-state index contributed by atoms with van der Waals surface area (Å²) in [6.07, 6.45) is 6.81. The van der Waals surface area contributed by atoms with Gasteiger partial charge >= 0.3 is 0 Å². The van der Waals surface area contributed by atoms with Crippen LogP contribution < -0.4 is 0 Å². The zero-order valence-corrected chi connectivity index (χ0v) is 12.1. The fraction of sp³-hybridized carbons (Fsp3) is 0.438. The lowest BCUT2D eigenvalue weighted by Gasteiger charge is -2.29. The zero-order chi connectivity index (χ0) is 13.2. The lowest BCUT2D eigenvalue weighted by molar-refractivity contribution is 0.0740. The Morgan fingerprint density at radius 3 is 2.32 bits per heavy atom. The van der Waals surface area contributed by atoms with Gasteiger partial charge in [-0.15, -0.1) is 11.8 Å². The summed E-state index contributed by atoms with van der Waals surface area (Å²) >= 11 is 1.65. The van der Waals surface area contributed by atoms with Gasteiger partial charge in [-0.05, 0) is 44.1 Å². The number of nitrogens with zero attached hydrogens (tertiary/aromatic N) is 1. The Hall–Kier alpha value is -1.22. The maximum Gasteiger partial charge on any atom is 0.255 e. The molecule has 1 aromatic carbocycles. The molecule has 1 saturated heterocycles. The van der Waals surface area contributed by atoms with E-state index in [9.17, 15) is 4.79 Å². The summed E-state index contributed by atoms with van der Waals surface area (Å²) in [6, 6.07) is 7.92. The molecule has 0 N–H and O–H groups in total. The second-order valence-electron chi connectivity index (χ2n) is 5.20. The number of hydrogen-bond acceptors (Lipinski definition) is 2. The van der Waals surface area contributed by atoms with Crippen LogP contribution in [-0.2, 0) is 0 Å². The third-order valence-corrected chi connectivity index (χ3v) is 4.79. The Morgan fingerprint density at radius 2 is 1.68 bits per heavy atom. The van der Waals surface area contributed by atoms with Gasteiger partial charge in [-0.25, -0.2) is 0 Å². The van der Waals surface area contributed by atoms with Crippen LogP contribution in [0.15, 0.2) is 40.3 Å². The first-order valence-corrected chi connectivity index (χ1v) is 8.14. The molecule has 0 atom stereocenters. The number of thioether (sulfide) groups is 1. The van der Waals surface area contributed by atoms with Crippen molar-refractivity contribution in [3.63, 3.8) is 0 Å². The van der Waals surface area contributed by atoms with Crippen molar-refractivity contribution in [1.82, 2.24) is 4.90 Å². The van der Waals surface area contributed by atoms with Gasteiger partial charge in [0.1, 0.15) is 0 Å². The van der Waals surface area contributed by atoms with Crippen LogP contribution in [0.3, 0.4) is 0 Å². The van der Waals surface area contributed by atoms with Gasteiger partial charge in [-0.1, -0.05) is 23.3 Å². The molecule has 2 aliphatic rings. The standard InChI is InChI=1S/C16H19NOS/c1-19-15-5-3-2-4-14(15)16(18)17-10-8-13(9-11-17)12-6-7-12/h2-5H,6-11H2,1H3. The van der Waals surface area contributed by atoms with E-state index >= 15 is 0 Å². The van der Waals surface area contributed by atoms with E-state index in [-0.39, 0.29) is 5.91 Å². The minimum Gasteiger partial charge on any atom is -0.338 e. The van der Waals surface area contributed by atoms with E-state index in [0.29, 0.717) is 0 Å². The highest BCUT2D eigenvalue weighted by Crippen LogP contribution is 2.36. The molecule has 1 amide bonds. The molecule has 1 aliphatic carbocycles. The second kappa shape index (κ2) is 5.41. The number of piperidine rings is 1. The van der Waals surface area contributed by atoms with Gasteiger partial charge in [-0.2, -0.15) is 0 Å². The highest BCUT2D eigenvalue weighted by molar-refractivity contribution is 7.98. The number of rotatable bonds is 2. The summed E-state index contributed by atoms with van der Waals surface area (Å²) in [5.74, 6) is 0.199. The second-order valence-corrected chi connectivity index (χ2v) is 6.05. The average Bonchev–Trinajstić information content (AvgIpc) is 3.31. The number of benzene rings is 1. The number of amides is 1. The molecule has 0 aromatic heterocycles. The fourth-order valence-corrected chi connectivity index (χ4v) is 3.33. The number of hydrogen-bond donors (Lipinski definition) is 0. The van der Waals surface area contributed by atoms with Crippen molar-refractivity contribution in [3.8, 4) is 0 Å². The van der Waals surface area contributed by atoms with Crippen molar-refractivity contribution in [2.75, 3.05) is 19.3 Å². The quantitative estimate of drug-likeness (QED) is 0.604. The Labute approximate surface area is 118 Å². The SMILES string of the molecule is CSc1ccccc1C(=O)N1CCC(=C2CC2)CC1. The minimum absolute atomic E-state index is 0.199. The van der Waals surface area contributed by atoms with E-state index in [1.54, 1.807) is 22.9 Å². The molecular formula is C16H19NOS. The predicted molar refractivity (Wildman–Crippen MR) is 79.6 cm³/mol. The molecule has 0 radical (unpaired) electrons. The van der Waals surface area contributed by atoms with Crippen molar-refractivity contribution < 1.29 is 4.79 Å². The Balaban J connectivity index is 1.72. The molecule has 1 heterocycles. The van der Waals surface area contributed by atoms with Crippen molar-refractivity contribution in [2.24, 2.45) is 0 Å². The van der Waals surface area contributed by atoms with E-state index in [2.05, 4.69) is 0 Å². The molecule has 2 fully saturated rings. The van der Waals surface area contributed by atoms with Crippen molar-refractivity contribution in [3.05, 3.63) is 41.0 Å². The molecule has 0 bridgehead atoms. The Bertz CT molecular complexity index is 519. The van der Waals surface area contributed by atoms with Crippen LogP contribution in [0.1, 0.15) is 36.0 Å². The number of carbonyl (C=O) groups excluding carboxylic acids is 1. The van der Waals surface area contributed by atoms with Gasteiger partial charge in [0.05, 0.1) is 5.56 Å². The van der Waals surface area contributed by atoms with Crippen LogP contribution in [-0.4, -0.2) is 30.2 Å². The van der Waals surface area contributed by atoms with E-state index in [1.165, 1.54) is 12.8 Å². The largest absolute Gasteiger partial charge is 0.338 e. The molecule has 3 heteroatoms. The van der Waals surface area contributed by atoms with Gasteiger partial charge < -0.3 is 4.90 Å². The normalized spacial score (nSPS) is 18.7. The third-order valence-electron chi connectivity index (χ3n) is 3.99. The summed E-state index contributed by atoms with van der Waals surface area (Å²) in [7, 11) is 0. The fourth-order valence-electron chi connectivity index (χ4n) is 2.74. The summed E-state index contributed by atoms with van der Waals surface area (Å²) in [4.78, 5) is 15.7. The number of allylic oxidation sites excluding steroid dienone is 1. The maximum atomic E-state index is 12.6. The molecule has 2 nitrogen and oxygen atoms in total. The predicted octanol–water partition coefficient (Wildman–Crippen LogP) is 3.73. The van der Waals surface area contributed by atoms with Crippen LogP contribution in [0.25, 0.3) is 0 Å². The van der Waals surface area contributed by atoms with E-state index < -0.39 is 0 Å². The zero-order valence-electron chi connectivity index (χ0n) is 11.3. The van der Waals surface area contributed by atoms with Crippen LogP contribution >= 0.6 is 11.8 Å². The topological polar surface area (TPSA) is 20.3 Å². The van der Waals surface area contributed by atoms with Gasteiger partial charge in [0, 0.05) is 18.0 Å². The summed E-state index contributed by atoms with van der Waals surface area (Å²) in [5, 5.41) is 0. The van der Waals surface area contributed by atoms with E-state index in [1.807, 2.05) is 35.4 Å². The van der Waals surface area contributed by atoms with Crippen LogP contribution in [0.2, 0.25) is 0 Å². The van der Waals surface area contributed by atoms with Crippen LogP contribution in [0.5, 0.6) is 0 Å². The molecule has 0 unspecified atom stereocenters. The Kier molecular flexibility index (Phi) is 3.65. The maximum absolute atomic E-state index is 12.6. The highest BCUT2D eigenvalue weighted by atomic mass is 32.2. The highest BCUT2D eigenvalue weighted by Gasteiger charge is 2.25. The smallest absolute Gasteiger partial charge is 0.255 e. The van der Waals surface area contributed by atoms with Gasteiger partial charge in [0.2, 0.25) is 0 Å². The van der Waals surface area contributed by atoms with Crippen LogP contribution in [0.4, 0.5) is 0 Å². The van der Waals surface area contributed by atoms with Crippen molar-refractivity contribution in [2.45, 2.75) is 30.6 Å². The minimum atomic E-state index is 0.199. The van der Waals surface area contributed by atoms with Gasteiger partial charge in [0.25, 0.3) is 5.91 Å². The molecule has 19 heavy (non-hydrogen) atoms. The van der Waals surface area contributed by atoms with Crippen LogP contribution in [0, 0.1) is 0 Å². The molecule has 3 rings (SSSR count). The molecule has 1 aromatic rings. The van der Waals surface area contributed by atoms with Crippen molar-refractivity contribution in [1.29, 1.82) is 0 Å². The first kappa shape index (κ1) is 12.8.